The molecule has 2 N–H and O–H groups in total. The Morgan fingerprint density at radius 3 is 2.00 bits per heavy atom. The van der Waals surface area contributed by atoms with Gasteiger partial charge in [-0.1, -0.05) is 64.4 Å². The topological polar surface area (TPSA) is 83.8 Å². The molecular weight excluding hydrogens is 388 g/mol. The Hall–Kier alpha value is -2.05. The lowest BCUT2D eigenvalue weighted by molar-refractivity contribution is 0.450. The smallest absolute Gasteiger partial charge is 0.294 e. The van der Waals surface area contributed by atoms with E-state index in [1.807, 2.05) is 6.07 Å². The molecule has 2 aromatic carbocycles. The standard InChI is InChI=1S/C23H32O5S/c1-2-3-4-5-6-7-8-9-10-11-19-12-13-20(24)18-23(19)28-21-14-16-22(17-15-21)29(25,26)27/h12-18,24H,2-11H2,1H3,(H,25,26,27). The Morgan fingerprint density at radius 2 is 1.41 bits per heavy atom. The minimum absolute atomic E-state index is 0.116. The third kappa shape index (κ3) is 8.46. The summed E-state index contributed by atoms with van der Waals surface area (Å²) in [5.41, 5.74) is 1.00. The molecule has 0 heterocycles. The normalized spacial score (nSPS) is 11.5. The van der Waals surface area contributed by atoms with Gasteiger partial charge in [0.25, 0.3) is 10.1 Å². The number of rotatable bonds is 13. The molecule has 0 atom stereocenters. The molecule has 0 bridgehead atoms. The predicted molar refractivity (Wildman–Crippen MR) is 115 cm³/mol. The molecule has 0 aliphatic carbocycles. The van der Waals surface area contributed by atoms with E-state index >= 15 is 0 Å². The van der Waals surface area contributed by atoms with E-state index < -0.39 is 10.1 Å². The average Bonchev–Trinajstić information content (AvgIpc) is 2.68. The molecule has 0 aliphatic rings. The second-order valence-corrected chi connectivity index (χ2v) is 8.84. The van der Waals surface area contributed by atoms with E-state index in [2.05, 4.69) is 6.92 Å². The molecule has 0 spiro atoms. The summed E-state index contributed by atoms with van der Waals surface area (Å²) in [7, 11) is -4.23. The van der Waals surface area contributed by atoms with Crippen molar-refractivity contribution in [2.24, 2.45) is 0 Å². The van der Waals surface area contributed by atoms with Crippen LogP contribution in [0.2, 0.25) is 0 Å². The molecule has 6 heteroatoms. The summed E-state index contributed by atoms with van der Waals surface area (Å²) in [4.78, 5) is -0.185. The van der Waals surface area contributed by atoms with Gasteiger partial charge in [-0.05, 0) is 48.7 Å². The number of hydrogen-bond acceptors (Lipinski definition) is 4. The second-order valence-electron chi connectivity index (χ2n) is 7.42. The molecule has 29 heavy (non-hydrogen) atoms. The fourth-order valence-corrected chi connectivity index (χ4v) is 3.76. The summed E-state index contributed by atoms with van der Waals surface area (Å²) in [5.74, 6) is 1.12. The highest BCUT2D eigenvalue weighted by atomic mass is 32.2. The summed E-state index contributed by atoms with van der Waals surface area (Å²) in [5, 5.41) is 9.80. The number of aryl methyl sites for hydroxylation is 1. The fourth-order valence-electron chi connectivity index (χ4n) is 3.28. The van der Waals surface area contributed by atoms with Crippen LogP contribution >= 0.6 is 0 Å². The average molecular weight is 421 g/mol. The number of ether oxygens (including phenoxy) is 1. The van der Waals surface area contributed by atoms with Crippen LogP contribution < -0.4 is 4.74 Å². The first-order valence-corrected chi connectivity index (χ1v) is 11.9. The largest absolute Gasteiger partial charge is 0.508 e. The fraction of sp³-hybridized carbons (Fsp3) is 0.478. The zero-order chi connectivity index (χ0) is 21.1. The van der Waals surface area contributed by atoms with Crippen molar-refractivity contribution in [1.29, 1.82) is 0 Å². The van der Waals surface area contributed by atoms with Crippen molar-refractivity contribution < 1.29 is 22.8 Å². The molecule has 0 aliphatic heterocycles. The van der Waals surface area contributed by atoms with E-state index in [0.717, 1.165) is 24.8 Å². The highest BCUT2D eigenvalue weighted by Gasteiger charge is 2.11. The Bertz CT molecular complexity index is 844. The van der Waals surface area contributed by atoms with Gasteiger partial charge < -0.3 is 9.84 Å². The lowest BCUT2D eigenvalue weighted by Crippen LogP contribution is -1.98. The van der Waals surface area contributed by atoms with E-state index in [0.29, 0.717) is 11.5 Å². The van der Waals surface area contributed by atoms with Crippen LogP contribution in [0.5, 0.6) is 17.2 Å². The van der Waals surface area contributed by atoms with Gasteiger partial charge in [0.1, 0.15) is 17.2 Å². The molecule has 0 aromatic heterocycles. The van der Waals surface area contributed by atoms with Crippen LogP contribution in [0.15, 0.2) is 47.4 Å². The molecule has 0 saturated heterocycles. The van der Waals surface area contributed by atoms with Gasteiger partial charge >= 0.3 is 0 Å². The molecule has 0 radical (unpaired) electrons. The highest BCUT2D eigenvalue weighted by molar-refractivity contribution is 7.85. The Balaban J connectivity index is 1.86. The maximum Gasteiger partial charge on any atom is 0.294 e. The van der Waals surface area contributed by atoms with Gasteiger partial charge in [-0.15, -0.1) is 0 Å². The maximum absolute atomic E-state index is 11.1. The molecule has 5 nitrogen and oxygen atoms in total. The number of phenolic OH excluding ortho intramolecular Hbond substituents is 1. The molecule has 0 unspecified atom stereocenters. The van der Waals surface area contributed by atoms with Crippen molar-refractivity contribution in [2.75, 3.05) is 0 Å². The van der Waals surface area contributed by atoms with Crippen LogP contribution in [0.1, 0.15) is 70.3 Å². The van der Waals surface area contributed by atoms with Gasteiger partial charge in [0.05, 0.1) is 4.90 Å². The monoisotopic (exact) mass is 420 g/mol. The van der Waals surface area contributed by atoms with Gasteiger partial charge in [0.2, 0.25) is 0 Å². The van der Waals surface area contributed by atoms with Crippen LogP contribution in [-0.2, 0) is 16.5 Å². The number of hydrogen-bond donors (Lipinski definition) is 2. The lowest BCUT2D eigenvalue weighted by Gasteiger charge is -2.12. The van der Waals surface area contributed by atoms with Gasteiger partial charge in [-0.3, -0.25) is 4.55 Å². The van der Waals surface area contributed by atoms with Gasteiger partial charge in [-0.25, -0.2) is 0 Å². The van der Waals surface area contributed by atoms with Crippen LogP contribution in [0, 0.1) is 0 Å². The molecular formula is C23H32O5S. The van der Waals surface area contributed by atoms with Gasteiger partial charge in [0, 0.05) is 6.07 Å². The van der Waals surface area contributed by atoms with Crippen molar-refractivity contribution in [1.82, 2.24) is 0 Å². The first kappa shape index (κ1) is 23.2. The first-order chi connectivity index (χ1) is 13.9. The van der Waals surface area contributed by atoms with Crippen LogP contribution in [0.25, 0.3) is 0 Å². The number of benzene rings is 2. The molecule has 0 fully saturated rings. The summed E-state index contributed by atoms with van der Waals surface area (Å²) in [6.45, 7) is 2.23. The third-order valence-electron chi connectivity index (χ3n) is 4.95. The van der Waals surface area contributed by atoms with E-state index in [1.54, 1.807) is 12.1 Å². The maximum atomic E-state index is 11.1. The summed E-state index contributed by atoms with van der Waals surface area (Å²) >= 11 is 0. The highest BCUT2D eigenvalue weighted by Crippen LogP contribution is 2.31. The minimum Gasteiger partial charge on any atom is -0.508 e. The van der Waals surface area contributed by atoms with Gasteiger partial charge in [-0.2, -0.15) is 8.42 Å². The van der Waals surface area contributed by atoms with Crippen LogP contribution in [-0.4, -0.2) is 18.1 Å². The van der Waals surface area contributed by atoms with Gasteiger partial charge in [0.15, 0.2) is 0 Å². The van der Waals surface area contributed by atoms with Crippen LogP contribution in [0.4, 0.5) is 0 Å². The molecule has 2 aromatic rings. The van der Waals surface area contributed by atoms with E-state index in [-0.39, 0.29) is 10.6 Å². The Kier molecular flexibility index (Phi) is 9.48. The lowest BCUT2D eigenvalue weighted by atomic mass is 10.0. The predicted octanol–water partition coefficient (Wildman–Crippen LogP) is 6.50. The number of phenols is 1. The molecule has 0 amide bonds. The Morgan fingerprint density at radius 1 is 0.828 bits per heavy atom. The first-order valence-electron chi connectivity index (χ1n) is 10.5. The quantitative estimate of drug-likeness (QED) is 0.285. The van der Waals surface area contributed by atoms with E-state index in [1.165, 1.54) is 69.2 Å². The molecule has 0 saturated carbocycles. The minimum atomic E-state index is -4.23. The summed E-state index contributed by atoms with van der Waals surface area (Å²) < 4.78 is 37.2. The molecule has 160 valence electrons. The van der Waals surface area contributed by atoms with Crippen molar-refractivity contribution in [3.8, 4) is 17.2 Å². The SMILES string of the molecule is CCCCCCCCCCCc1ccc(O)cc1Oc1ccc(S(=O)(=O)O)cc1. The van der Waals surface area contributed by atoms with E-state index in [4.69, 9.17) is 9.29 Å². The molecule has 2 rings (SSSR count). The number of aromatic hydroxyl groups is 1. The van der Waals surface area contributed by atoms with Crippen LogP contribution in [0.3, 0.4) is 0 Å². The van der Waals surface area contributed by atoms with Crippen molar-refractivity contribution in [2.45, 2.75) is 76.0 Å². The van der Waals surface area contributed by atoms with Crippen molar-refractivity contribution in [3.63, 3.8) is 0 Å². The second kappa shape index (κ2) is 11.8. The third-order valence-corrected chi connectivity index (χ3v) is 5.82. The summed E-state index contributed by atoms with van der Waals surface area (Å²) in [6.07, 6.45) is 12.2. The zero-order valence-corrected chi connectivity index (χ0v) is 18.0. The van der Waals surface area contributed by atoms with E-state index in [9.17, 15) is 13.5 Å². The van der Waals surface area contributed by atoms with Crippen molar-refractivity contribution in [3.05, 3.63) is 48.0 Å². The summed E-state index contributed by atoms with van der Waals surface area (Å²) in [6, 6.07) is 10.6. The Labute approximate surface area is 174 Å². The zero-order valence-electron chi connectivity index (χ0n) is 17.1. The number of unbranched alkanes of at least 4 members (excludes halogenated alkanes) is 8. The van der Waals surface area contributed by atoms with Crippen molar-refractivity contribution >= 4 is 10.1 Å².